The standard InChI is InChI=1S/C29H28N6O4/c1-16(2)8-24(33-26(36)23-11-19-22(32-23)9-17(13-30)10-25(19)39-3)27(37)35-15-29(12-18(35)14-31)20-6-4-5-7-21(20)34-28(29)38/h4-7,9-11,16,18,24,32H,8,12,15H2,1-3H3,(H,33,36)(H,34,38)/t18-,24?,29-/m0/s1. The van der Waals surface area contributed by atoms with Crippen molar-refractivity contribution in [3.05, 3.63) is 59.3 Å². The van der Waals surface area contributed by atoms with Gasteiger partial charge in [-0.1, -0.05) is 32.0 Å². The van der Waals surface area contributed by atoms with Crippen LogP contribution in [0.4, 0.5) is 5.69 Å². The fourth-order valence-electron chi connectivity index (χ4n) is 5.68. The number of amides is 3. The molecule has 198 valence electrons. The molecule has 5 rings (SSSR count). The van der Waals surface area contributed by atoms with E-state index in [1.165, 1.54) is 12.0 Å². The highest BCUT2D eigenvalue weighted by Crippen LogP contribution is 2.46. The molecule has 3 N–H and O–H groups in total. The van der Waals surface area contributed by atoms with Crippen molar-refractivity contribution >= 4 is 34.3 Å². The van der Waals surface area contributed by atoms with E-state index in [1.54, 1.807) is 18.2 Å². The number of aromatic nitrogens is 1. The number of methoxy groups -OCH3 is 1. The largest absolute Gasteiger partial charge is 0.496 e. The van der Waals surface area contributed by atoms with E-state index in [0.29, 0.717) is 34.3 Å². The summed E-state index contributed by atoms with van der Waals surface area (Å²) in [6.07, 6.45) is 0.528. The second-order valence-corrected chi connectivity index (χ2v) is 10.5. The summed E-state index contributed by atoms with van der Waals surface area (Å²) in [4.78, 5) is 44.8. The van der Waals surface area contributed by atoms with Crippen molar-refractivity contribution in [3.63, 3.8) is 0 Å². The summed E-state index contributed by atoms with van der Waals surface area (Å²) in [5, 5.41) is 25.6. The number of likely N-dealkylation sites (tertiary alicyclic amines) is 1. The van der Waals surface area contributed by atoms with Crippen molar-refractivity contribution in [2.75, 3.05) is 19.0 Å². The predicted octanol–water partition coefficient (Wildman–Crippen LogP) is 3.21. The van der Waals surface area contributed by atoms with Crippen molar-refractivity contribution in [1.29, 1.82) is 10.5 Å². The molecule has 2 aromatic carbocycles. The van der Waals surface area contributed by atoms with Gasteiger partial charge in [0.15, 0.2) is 0 Å². The van der Waals surface area contributed by atoms with Crippen molar-refractivity contribution in [2.45, 2.75) is 44.2 Å². The third-order valence-corrected chi connectivity index (χ3v) is 7.52. The second kappa shape index (κ2) is 9.80. The van der Waals surface area contributed by atoms with Gasteiger partial charge in [-0.05, 0) is 42.2 Å². The number of nitrogens with one attached hydrogen (secondary N) is 3. The first-order valence-corrected chi connectivity index (χ1v) is 12.7. The highest BCUT2D eigenvalue weighted by atomic mass is 16.5. The molecule has 0 aliphatic carbocycles. The van der Waals surface area contributed by atoms with Gasteiger partial charge in [-0.2, -0.15) is 10.5 Å². The Hall–Kier alpha value is -4.83. The fourth-order valence-corrected chi connectivity index (χ4v) is 5.68. The van der Waals surface area contributed by atoms with Gasteiger partial charge in [0.05, 0.1) is 35.7 Å². The number of carbonyl (C=O) groups is 3. The maximum Gasteiger partial charge on any atom is 0.268 e. The molecule has 3 aromatic rings. The molecule has 3 heterocycles. The molecule has 2 aliphatic rings. The van der Waals surface area contributed by atoms with Crippen LogP contribution >= 0.6 is 0 Å². The molecule has 1 unspecified atom stereocenters. The van der Waals surface area contributed by atoms with Gasteiger partial charge in [0.1, 0.15) is 23.5 Å². The molecular weight excluding hydrogens is 496 g/mol. The van der Waals surface area contributed by atoms with E-state index in [4.69, 9.17) is 4.74 Å². The minimum Gasteiger partial charge on any atom is -0.496 e. The minimum absolute atomic E-state index is 0.0535. The van der Waals surface area contributed by atoms with E-state index in [-0.39, 0.29) is 30.5 Å². The summed E-state index contributed by atoms with van der Waals surface area (Å²) in [6, 6.07) is 14.7. The number of nitriles is 2. The van der Waals surface area contributed by atoms with Gasteiger partial charge in [-0.15, -0.1) is 0 Å². The first-order chi connectivity index (χ1) is 18.7. The topological polar surface area (TPSA) is 151 Å². The number of carbonyl (C=O) groups excluding carboxylic acids is 3. The number of hydrogen-bond acceptors (Lipinski definition) is 6. The molecule has 1 aromatic heterocycles. The van der Waals surface area contributed by atoms with Crippen molar-refractivity contribution < 1.29 is 19.1 Å². The van der Waals surface area contributed by atoms with Crippen LogP contribution in [-0.4, -0.2) is 53.3 Å². The molecule has 10 nitrogen and oxygen atoms in total. The van der Waals surface area contributed by atoms with Crippen molar-refractivity contribution in [1.82, 2.24) is 15.2 Å². The highest BCUT2D eigenvalue weighted by Gasteiger charge is 2.56. The zero-order valence-electron chi connectivity index (χ0n) is 21.9. The van der Waals surface area contributed by atoms with Crippen LogP contribution in [0.3, 0.4) is 0 Å². The summed E-state index contributed by atoms with van der Waals surface area (Å²) in [5.74, 6) is -0.626. The summed E-state index contributed by atoms with van der Waals surface area (Å²) >= 11 is 0. The molecule has 1 fully saturated rings. The Kier molecular flexibility index (Phi) is 6.49. The van der Waals surface area contributed by atoms with Crippen molar-refractivity contribution in [2.24, 2.45) is 5.92 Å². The van der Waals surface area contributed by atoms with Gasteiger partial charge < -0.3 is 25.3 Å². The lowest BCUT2D eigenvalue weighted by molar-refractivity contribution is -0.134. The Balaban J connectivity index is 1.43. The van der Waals surface area contributed by atoms with Crippen LogP contribution in [0.2, 0.25) is 0 Å². The predicted molar refractivity (Wildman–Crippen MR) is 143 cm³/mol. The number of para-hydroxylation sites is 1. The molecule has 3 atom stereocenters. The Morgan fingerprint density at radius 3 is 2.69 bits per heavy atom. The van der Waals surface area contributed by atoms with Crippen LogP contribution < -0.4 is 15.4 Å². The average molecular weight is 525 g/mol. The third kappa shape index (κ3) is 4.34. The number of nitrogens with zero attached hydrogens (tertiary/aromatic N) is 3. The van der Waals surface area contributed by atoms with E-state index >= 15 is 0 Å². The quantitative estimate of drug-likeness (QED) is 0.450. The Morgan fingerprint density at radius 2 is 2.00 bits per heavy atom. The molecule has 0 saturated carbocycles. The van der Waals surface area contributed by atoms with E-state index < -0.39 is 29.3 Å². The molecule has 10 heteroatoms. The monoisotopic (exact) mass is 524 g/mol. The zero-order valence-corrected chi connectivity index (χ0v) is 21.9. The van der Waals surface area contributed by atoms with Gasteiger partial charge in [-0.25, -0.2) is 0 Å². The first-order valence-electron chi connectivity index (χ1n) is 12.7. The van der Waals surface area contributed by atoms with Crippen LogP contribution in [0.15, 0.2) is 42.5 Å². The van der Waals surface area contributed by atoms with Gasteiger partial charge in [0.25, 0.3) is 5.91 Å². The average Bonchev–Trinajstić information content (AvgIpc) is 3.61. The van der Waals surface area contributed by atoms with Crippen LogP contribution in [0.1, 0.15) is 48.3 Å². The van der Waals surface area contributed by atoms with E-state index in [2.05, 4.69) is 27.8 Å². The molecule has 0 radical (unpaired) electrons. The minimum atomic E-state index is -1.01. The molecule has 2 aliphatic heterocycles. The number of rotatable bonds is 6. The summed E-state index contributed by atoms with van der Waals surface area (Å²) in [7, 11) is 1.48. The lowest BCUT2D eigenvalue weighted by Crippen LogP contribution is -2.51. The zero-order chi connectivity index (χ0) is 27.9. The number of benzene rings is 2. The molecule has 1 spiro atoms. The van der Waals surface area contributed by atoms with Crippen molar-refractivity contribution in [3.8, 4) is 17.9 Å². The number of aromatic amines is 1. The summed E-state index contributed by atoms with van der Waals surface area (Å²) in [6.45, 7) is 3.94. The number of H-pyrrole nitrogens is 1. The Labute approximate surface area is 225 Å². The van der Waals surface area contributed by atoms with Gasteiger partial charge >= 0.3 is 0 Å². The molecule has 39 heavy (non-hydrogen) atoms. The first kappa shape index (κ1) is 25.8. The van der Waals surface area contributed by atoms with E-state index in [1.807, 2.05) is 38.1 Å². The molecular formula is C29H28N6O4. The third-order valence-electron chi connectivity index (χ3n) is 7.52. The van der Waals surface area contributed by atoms with Crippen LogP contribution in [0, 0.1) is 28.6 Å². The summed E-state index contributed by atoms with van der Waals surface area (Å²) in [5.41, 5.74) is 1.60. The fraction of sp³-hybridized carbons (Fsp3) is 0.345. The van der Waals surface area contributed by atoms with Crippen LogP contribution in [-0.2, 0) is 15.0 Å². The second-order valence-electron chi connectivity index (χ2n) is 10.5. The number of hydrogen-bond donors (Lipinski definition) is 3. The maximum atomic E-state index is 13.9. The van der Waals surface area contributed by atoms with Gasteiger partial charge in [0.2, 0.25) is 11.8 Å². The lowest BCUT2D eigenvalue weighted by Gasteiger charge is -2.28. The number of fused-ring (bicyclic) bond motifs is 3. The SMILES string of the molecule is COc1cc(C#N)cc2[nH]c(C(=O)NC(CC(C)C)C(=O)N3C[C@]4(C[C@H]3C#N)C(=O)Nc3ccccc34)cc12. The smallest absolute Gasteiger partial charge is 0.268 e. The Morgan fingerprint density at radius 1 is 1.23 bits per heavy atom. The molecule has 0 bridgehead atoms. The number of anilines is 1. The maximum absolute atomic E-state index is 13.9. The van der Waals surface area contributed by atoms with E-state index in [0.717, 1.165) is 5.56 Å². The van der Waals surface area contributed by atoms with E-state index in [9.17, 15) is 24.9 Å². The van der Waals surface area contributed by atoms with Crippen LogP contribution in [0.25, 0.3) is 10.9 Å². The summed E-state index contributed by atoms with van der Waals surface area (Å²) < 4.78 is 5.38. The highest BCUT2D eigenvalue weighted by molar-refractivity contribution is 6.07. The Bertz CT molecular complexity index is 1580. The normalized spacial score (nSPS) is 20.4. The lowest BCUT2D eigenvalue weighted by atomic mass is 9.80. The van der Waals surface area contributed by atoms with Gasteiger partial charge in [0, 0.05) is 24.0 Å². The molecule has 3 amide bonds. The van der Waals surface area contributed by atoms with Crippen LogP contribution in [0.5, 0.6) is 5.75 Å². The molecule has 1 saturated heterocycles. The van der Waals surface area contributed by atoms with Gasteiger partial charge in [-0.3, -0.25) is 14.4 Å². The number of ether oxygens (including phenoxy) is 1.